The van der Waals surface area contributed by atoms with Crippen LogP contribution in [0.3, 0.4) is 0 Å². The van der Waals surface area contributed by atoms with Crippen LogP contribution in [-0.2, 0) is 4.79 Å². The van der Waals surface area contributed by atoms with Crippen LogP contribution in [0.15, 0.2) is 24.3 Å². The molecule has 1 heterocycles. The van der Waals surface area contributed by atoms with Crippen molar-refractivity contribution in [2.75, 3.05) is 6.54 Å². The summed E-state index contributed by atoms with van der Waals surface area (Å²) in [5.74, 6) is -1.74. The zero-order valence-electron chi connectivity index (χ0n) is 11.9. The Bertz CT molecular complexity index is 523. The van der Waals surface area contributed by atoms with Crippen molar-refractivity contribution in [2.45, 2.75) is 38.3 Å². The van der Waals surface area contributed by atoms with Crippen molar-refractivity contribution in [3.05, 3.63) is 41.5 Å². The van der Waals surface area contributed by atoms with Gasteiger partial charge in [0.1, 0.15) is 11.6 Å². The molecule has 0 saturated carbocycles. The van der Waals surface area contributed by atoms with Crippen LogP contribution >= 0.6 is 0 Å². The van der Waals surface area contributed by atoms with Gasteiger partial charge in [0, 0.05) is 18.2 Å². The van der Waals surface area contributed by atoms with Crippen molar-refractivity contribution in [3.8, 4) is 0 Å². The molecule has 21 heavy (non-hydrogen) atoms. The Hall–Kier alpha value is -1.75. The molecule has 0 spiro atoms. The Labute approximate surface area is 122 Å². The van der Waals surface area contributed by atoms with E-state index in [9.17, 15) is 18.7 Å². The van der Waals surface area contributed by atoms with Gasteiger partial charge in [0.2, 0.25) is 5.91 Å². The molecule has 1 aliphatic rings. The first-order valence-electron chi connectivity index (χ1n) is 7.11. The second-order valence-corrected chi connectivity index (χ2v) is 5.30. The number of hydrogen-bond acceptors (Lipinski definition) is 2. The standard InChI is InChI=1S/C16H19F2NO2/c1-11(20)15-7-2-3-10-19(15)16(21)9-8-12-13(17)5-4-6-14(12)18/h4-6,8-9,11,15,20H,2-3,7,10H2,1H3/b9-8+. The van der Waals surface area contributed by atoms with Gasteiger partial charge in [-0.3, -0.25) is 4.79 Å². The normalized spacial score (nSPS) is 20.8. The fourth-order valence-corrected chi connectivity index (χ4v) is 2.65. The second kappa shape index (κ2) is 6.80. The molecule has 2 unspecified atom stereocenters. The van der Waals surface area contributed by atoms with E-state index in [4.69, 9.17) is 0 Å². The molecular weight excluding hydrogens is 276 g/mol. The molecule has 2 rings (SSSR count). The number of piperidine rings is 1. The number of halogens is 2. The molecule has 0 aliphatic carbocycles. The fraction of sp³-hybridized carbons (Fsp3) is 0.438. The lowest BCUT2D eigenvalue weighted by Gasteiger charge is -2.36. The van der Waals surface area contributed by atoms with E-state index >= 15 is 0 Å². The molecule has 1 aromatic carbocycles. The van der Waals surface area contributed by atoms with E-state index in [0.29, 0.717) is 6.54 Å². The number of nitrogens with zero attached hydrogens (tertiary/aromatic N) is 1. The van der Waals surface area contributed by atoms with Gasteiger partial charge in [-0.05, 0) is 44.4 Å². The molecule has 1 fully saturated rings. The van der Waals surface area contributed by atoms with Gasteiger partial charge in [-0.1, -0.05) is 6.07 Å². The van der Waals surface area contributed by atoms with Gasteiger partial charge in [0.05, 0.1) is 12.1 Å². The highest BCUT2D eigenvalue weighted by molar-refractivity contribution is 5.92. The molecule has 1 amide bonds. The number of aliphatic hydroxyl groups is 1. The van der Waals surface area contributed by atoms with Crippen LogP contribution in [0.25, 0.3) is 6.08 Å². The zero-order valence-corrected chi connectivity index (χ0v) is 11.9. The third-order valence-corrected chi connectivity index (χ3v) is 3.78. The van der Waals surface area contributed by atoms with Crippen molar-refractivity contribution in [3.63, 3.8) is 0 Å². The number of likely N-dealkylation sites (tertiary alicyclic amines) is 1. The van der Waals surface area contributed by atoms with E-state index in [1.54, 1.807) is 11.8 Å². The topological polar surface area (TPSA) is 40.5 Å². The summed E-state index contributed by atoms with van der Waals surface area (Å²) in [6.07, 6.45) is 4.28. The van der Waals surface area contributed by atoms with E-state index in [1.807, 2.05) is 0 Å². The van der Waals surface area contributed by atoms with E-state index in [-0.39, 0.29) is 17.5 Å². The molecule has 114 valence electrons. The monoisotopic (exact) mass is 295 g/mol. The molecule has 2 atom stereocenters. The first-order chi connectivity index (χ1) is 10.0. The summed E-state index contributed by atoms with van der Waals surface area (Å²) < 4.78 is 27.0. The number of carbonyl (C=O) groups is 1. The summed E-state index contributed by atoms with van der Waals surface area (Å²) in [5.41, 5.74) is -0.226. The quantitative estimate of drug-likeness (QED) is 0.871. The average Bonchev–Trinajstić information content (AvgIpc) is 2.46. The van der Waals surface area contributed by atoms with Crippen LogP contribution in [0.2, 0.25) is 0 Å². The van der Waals surface area contributed by atoms with Crippen LogP contribution in [0.5, 0.6) is 0 Å². The minimum Gasteiger partial charge on any atom is -0.391 e. The largest absolute Gasteiger partial charge is 0.391 e. The number of benzene rings is 1. The highest BCUT2D eigenvalue weighted by atomic mass is 19.1. The first-order valence-corrected chi connectivity index (χ1v) is 7.11. The maximum absolute atomic E-state index is 13.5. The molecule has 0 bridgehead atoms. The molecular formula is C16H19F2NO2. The number of carbonyl (C=O) groups excluding carboxylic acids is 1. The lowest BCUT2D eigenvalue weighted by atomic mass is 9.98. The van der Waals surface area contributed by atoms with Crippen molar-refractivity contribution >= 4 is 12.0 Å². The zero-order chi connectivity index (χ0) is 15.4. The van der Waals surface area contributed by atoms with Gasteiger partial charge in [-0.15, -0.1) is 0 Å². The predicted molar refractivity (Wildman–Crippen MR) is 76.4 cm³/mol. The Morgan fingerprint density at radius 3 is 2.67 bits per heavy atom. The SMILES string of the molecule is CC(O)C1CCCCN1C(=O)/C=C/c1c(F)cccc1F. The van der Waals surface area contributed by atoms with E-state index in [0.717, 1.165) is 37.5 Å². The smallest absolute Gasteiger partial charge is 0.246 e. The minimum absolute atomic E-state index is 0.226. The molecule has 5 heteroatoms. The van der Waals surface area contributed by atoms with Gasteiger partial charge in [0.25, 0.3) is 0 Å². The van der Waals surface area contributed by atoms with Crippen molar-refractivity contribution < 1.29 is 18.7 Å². The summed E-state index contributed by atoms with van der Waals surface area (Å²) in [6, 6.07) is 3.33. The van der Waals surface area contributed by atoms with Gasteiger partial charge >= 0.3 is 0 Å². The van der Waals surface area contributed by atoms with Crippen LogP contribution in [0.4, 0.5) is 8.78 Å². The van der Waals surface area contributed by atoms with Crippen molar-refractivity contribution in [1.29, 1.82) is 0 Å². The van der Waals surface area contributed by atoms with E-state index in [2.05, 4.69) is 0 Å². The third-order valence-electron chi connectivity index (χ3n) is 3.78. The Morgan fingerprint density at radius 2 is 2.05 bits per heavy atom. The van der Waals surface area contributed by atoms with Crippen LogP contribution in [0, 0.1) is 11.6 Å². The third kappa shape index (κ3) is 3.67. The molecule has 1 aliphatic heterocycles. The molecule has 0 aromatic heterocycles. The molecule has 1 saturated heterocycles. The Balaban J connectivity index is 2.14. The summed E-state index contributed by atoms with van der Waals surface area (Å²) in [6.45, 7) is 2.20. The Kier molecular flexibility index (Phi) is 5.07. The Morgan fingerprint density at radius 1 is 1.38 bits per heavy atom. The van der Waals surface area contributed by atoms with Gasteiger partial charge in [-0.25, -0.2) is 8.78 Å². The number of hydrogen-bond donors (Lipinski definition) is 1. The number of aliphatic hydroxyl groups excluding tert-OH is 1. The van der Waals surface area contributed by atoms with Gasteiger partial charge in [-0.2, -0.15) is 0 Å². The maximum Gasteiger partial charge on any atom is 0.246 e. The van der Waals surface area contributed by atoms with Crippen molar-refractivity contribution in [2.24, 2.45) is 0 Å². The molecule has 1 N–H and O–H groups in total. The second-order valence-electron chi connectivity index (χ2n) is 5.30. The predicted octanol–water partition coefficient (Wildman–Crippen LogP) is 2.74. The minimum atomic E-state index is -0.704. The van der Waals surface area contributed by atoms with Crippen molar-refractivity contribution in [1.82, 2.24) is 4.90 Å². The van der Waals surface area contributed by atoms with Gasteiger partial charge < -0.3 is 10.0 Å². The summed E-state index contributed by atoms with van der Waals surface area (Å²) in [4.78, 5) is 13.8. The maximum atomic E-state index is 13.5. The van der Waals surface area contributed by atoms with E-state index in [1.165, 1.54) is 12.1 Å². The number of rotatable bonds is 3. The lowest BCUT2D eigenvalue weighted by molar-refractivity contribution is -0.132. The average molecular weight is 295 g/mol. The molecule has 0 radical (unpaired) electrons. The van der Waals surface area contributed by atoms with Crippen LogP contribution < -0.4 is 0 Å². The highest BCUT2D eigenvalue weighted by Crippen LogP contribution is 2.21. The first kappa shape index (κ1) is 15.6. The van der Waals surface area contributed by atoms with E-state index < -0.39 is 17.7 Å². The number of amides is 1. The summed E-state index contributed by atoms with van der Waals surface area (Å²) in [7, 11) is 0. The lowest BCUT2D eigenvalue weighted by Crippen LogP contribution is -2.48. The molecule has 3 nitrogen and oxygen atoms in total. The summed E-state index contributed by atoms with van der Waals surface area (Å²) in [5, 5.41) is 9.73. The summed E-state index contributed by atoms with van der Waals surface area (Å²) >= 11 is 0. The molecule has 1 aromatic rings. The van der Waals surface area contributed by atoms with Crippen LogP contribution in [0.1, 0.15) is 31.7 Å². The van der Waals surface area contributed by atoms with Crippen LogP contribution in [-0.4, -0.2) is 34.6 Å². The highest BCUT2D eigenvalue weighted by Gasteiger charge is 2.28. The van der Waals surface area contributed by atoms with Gasteiger partial charge in [0.15, 0.2) is 0 Å². The fourth-order valence-electron chi connectivity index (χ4n) is 2.65.